The molecule has 0 bridgehead atoms. The van der Waals surface area contributed by atoms with Gasteiger partial charge < -0.3 is 27.7 Å². The second-order valence-electron chi connectivity index (χ2n) is 19.5. The van der Waals surface area contributed by atoms with Crippen LogP contribution in [0, 0.1) is 0 Å². The highest BCUT2D eigenvalue weighted by Crippen LogP contribution is 2.45. The normalized spacial score (nSPS) is 12.8. The molecule has 17 rings (SSSR count). The second kappa shape index (κ2) is 14.4. The third-order valence-electron chi connectivity index (χ3n) is 15.9. The van der Waals surface area contributed by atoms with E-state index in [-0.39, 0.29) is 6.71 Å². The predicted octanol–water partition coefficient (Wildman–Crippen LogP) is 14.8. The smallest absolute Gasteiger partial charge is 0.260 e. The Morgan fingerprint density at radius 1 is 0.247 bits per heavy atom. The van der Waals surface area contributed by atoms with Crippen LogP contribution in [-0.2, 0) is 0 Å². The Kier molecular flexibility index (Phi) is 7.73. The van der Waals surface area contributed by atoms with Crippen molar-refractivity contribution in [2.75, 3.05) is 0 Å². The number of hydrogen-bond donors (Lipinski definition) is 0. The van der Waals surface area contributed by atoms with Crippen LogP contribution >= 0.6 is 0 Å². The van der Waals surface area contributed by atoms with Gasteiger partial charge in [0.15, 0.2) is 0 Å². The van der Waals surface area contributed by atoms with Gasteiger partial charge in [-0.3, -0.25) is 0 Å². The van der Waals surface area contributed by atoms with Gasteiger partial charge in [0.05, 0.1) is 44.1 Å². The molecule has 0 unspecified atom stereocenters. The molecule has 2 aliphatic heterocycles. The molecule has 338 valence electrons. The molecule has 4 aromatic heterocycles. The van der Waals surface area contributed by atoms with Crippen molar-refractivity contribution < 1.29 is 9.47 Å². The quantitative estimate of drug-likeness (QED) is 0.165. The van der Waals surface area contributed by atoms with Gasteiger partial charge in [-0.2, -0.15) is 0 Å². The van der Waals surface area contributed by atoms with Crippen LogP contribution in [0.1, 0.15) is 0 Å². The minimum Gasteiger partial charge on any atom is -0.458 e. The first-order chi connectivity index (χ1) is 36.2. The zero-order valence-corrected chi connectivity index (χ0v) is 39.2. The van der Waals surface area contributed by atoms with Gasteiger partial charge >= 0.3 is 0 Å². The van der Waals surface area contributed by atoms with Gasteiger partial charge in [-0.15, -0.1) is 0 Å². The molecule has 0 N–H and O–H groups in total. The lowest BCUT2D eigenvalue weighted by molar-refractivity contribution is 0.464. The minimum absolute atomic E-state index is 0.0921. The topological polar surface area (TPSA) is 38.2 Å². The average molecular weight is 931 g/mol. The highest BCUT2D eigenvalue weighted by Gasteiger charge is 2.40. The number of benzene rings is 11. The van der Waals surface area contributed by atoms with E-state index in [4.69, 9.17) is 9.47 Å². The first-order valence-corrected chi connectivity index (χ1v) is 25.0. The van der Waals surface area contributed by atoms with Gasteiger partial charge in [-0.25, -0.2) is 0 Å². The maximum Gasteiger partial charge on any atom is 0.260 e. The number of ether oxygens (including phenoxy) is 2. The van der Waals surface area contributed by atoms with Crippen LogP contribution in [0.5, 0.6) is 23.0 Å². The lowest BCUT2D eigenvalue weighted by Gasteiger charge is -2.33. The van der Waals surface area contributed by atoms with Crippen molar-refractivity contribution in [3.05, 3.63) is 237 Å². The van der Waals surface area contributed by atoms with Crippen molar-refractivity contribution in [2.24, 2.45) is 0 Å². The molecular formula is C66H39BN4O2. The van der Waals surface area contributed by atoms with Crippen molar-refractivity contribution >= 4 is 110 Å². The fourth-order valence-electron chi connectivity index (χ4n) is 13.0. The number of rotatable bonds is 4. The summed E-state index contributed by atoms with van der Waals surface area (Å²) >= 11 is 0. The summed E-state index contributed by atoms with van der Waals surface area (Å²) < 4.78 is 23.5. The highest BCUT2D eigenvalue weighted by atomic mass is 16.5. The van der Waals surface area contributed by atoms with Gasteiger partial charge in [-0.05, 0) is 108 Å². The molecule has 6 heterocycles. The van der Waals surface area contributed by atoms with Crippen molar-refractivity contribution in [1.29, 1.82) is 0 Å². The van der Waals surface area contributed by atoms with E-state index < -0.39 is 0 Å². The molecular weight excluding hydrogens is 892 g/mol. The van der Waals surface area contributed by atoms with Gasteiger partial charge in [-0.1, -0.05) is 127 Å². The number of para-hydroxylation sites is 6. The molecule has 0 spiro atoms. The molecule has 0 saturated carbocycles. The van der Waals surface area contributed by atoms with Crippen molar-refractivity contribution in [3.8, 4) is 45.7 Å². The maximum absolute atomic E-state index is 6.95. The summed E-state index contributed by atoms with van der Waals surface area (Å²) in [5.41, 5.74) is 17.0. The van der Waals surface area contributed by atoms with Gasteiger partial charge in [0.25, 0.3) is 6.71 Å². The Morgan fingerprint density at radius 3 is 0.945 bits per heavy atom. The standard InChI is InChI=1S/C66H39BN4O2/c1-3-16-40(17-4-1)68-50-24-11-7-20-44(50)62-54(68)34-36-56-64(62)46-22-9-13-26-52(46)70(56)42-30-32-48-60(38-42)72-58-28-15-29-59-66(58)67(48)49-33-31-43(39-61(49)73-59)71-53-27-14-10-23-47(53)65-57(71)37-35-55-63(65)45-21-8-12-25-51(45)69(55)41-18-5-2-6-19-41/h1-39H. The summed E-state index contributed by atoms with van der Waals surface area (Å²) in [5.74, 6) is 3.33. The monoisotopic (exact) mass is 930 g/mol. The molecule has 0 radical (unpaired) electrons. The number of aromatic nitrogens is 4. The van der Waals surface area contributed by atoms with E-state index in [1.165, 1.54) is 65.2 Å². The van der Waals surface area contributed by atoms with Crippen molar-refractivity contribution in [2.45, 2.75) is 0 Å². The fourth-order valence-corrected chi connectivity index (χ4v) is 13.0. The largest absolute Gasteiger partial charge is 0.458 e. The summed E-state index contributed by atoms with van der Waals surface area (Å²) in [5, 5.41) is 9.90. The summed E-state index contributed by atoms with van der Waals surface area (Å²) in [6.45, 7) is -0.0921. The second-order valence-corrected chi connectivity index (χ2v) is 19.5. The van der Waals surface area contributed by atoms with Crippen LogP contribution in [0.2, 0.25) is 0 Å². The van der Waals surface area contributed by atoms with E-state index in [0.29, 0.717) is 0 Å². The molecule has 7 heteroatoms. The number of fused-ring (bicyclic) bond motifs is 18. The van der Waals surface area contributed by atoms with Crippen LogP contribution in [-0.4, -0.2) is 25.0 Å². The molecule has 15 aromatic rings. The van der Waals surface area contributed by atoms with Crippen LogP contribution in [0.15, 0.2) is 237 Å². The van der Waals surface area contributed by atoms with Crippen molar-refractivity contribution in [1.82, 2.24) is 18.3 Å². The molecule has 73 heavy (non-hydrogen) atoms. The molecule has 0 aliphatic carbocycles. The van der Waals surface area contributed by atoms with E-state index >= 15 is 0 Å². The summed E-state index contributed by atoms with van der Waals surface area (Å²) in [7, 11) is 0. The Balaban J connectivity index is 0.834. The Morgan fingerprint density at radius 2 is 0.575 bits per heavy atom. The molecule has 0 atom stereocenters. The van der Waals surface area contributed by atoms with E-state index in [0.717, 1.165) is 84.2 Å². The van der Waals surface area contributed by atoms with E-state index in [1.807, 2.05) is 6.07 Å². The molecule has 0 saturated heterocycles. The molecule has 2 aliphatic rings. The third kappa shape index (κ3) is 5.22. The van der Waals surface area contributed by atoms with Gasteiger partial charge in [0.2, 0.25) is 0 Å². The SMILES string of the molecule is c1ccc(-n2c3ccccc3c3c4c5ccccc5n(-c5ccc6c(c5)Oc5cccc7c5B6c5ccc(-n6c8ccccc8c8c9c%10ccccc%10n(-c%10ccccc%10)c9ccc86)cc5O7)c4ccc32)cc1. The lowest BCUT2D eigenvalue weighted by Crippen LogP contribution is -2.57. The van der Waals surface area contributed by atoms with Gasteiger partial charge in [0, 0.05) is 83.4 Å². The van der Waals surface area contributed by atoms with Crippen LogP contribution < -0.4 is 25.9 Å². The first kappa shape index (κ1) is 39.1. The predicted molar refractivity (Wildman–Crippen MR) is 301 cm³/mol. The third-order valence-corrected chi connectivity index (χ3v) is 15.9. The Hall–Kier alpha value is -9.72. The zero-order chi connectivity index (χ0) is 47.5. The average Bonchev–Trinajstić information content (AvgIpc) is 4.19. The maximum atomic E-state index is 6.95. The van der Waals surface area contributed by atoms with Gasteiger partial charge in [0.1, 0.15) is 23.0 Å². The first-order valence-electron chi connectivity index (χ1n) is 25.0. The zero-order valence-electron chi connectivity index (χ0n) is 39.2. The number of hydrogen-bond acceptors (Lipinski definition) is 2. The Bertz CT molecular complexity index is 4560. The minimum atomic E-state index is -0.0921. The summed E-state index contributed by atoms with van der Waals surface area (Å²) in [4.78, 5) is 0. The summed E-state index contributed by atoms with van der Waals surface area (Å²) in [6, 6.07) is 85.6. The lowest BCUT2D eigenvalue weighted by atomic mass is 9.35. The fraction of sp³-hybridized carbons (Fsp3) is 0. The van der Waals surface area contributed by atoms with E-state index in [2.05, 4.69) is 249 Å². The van der Waals surface area contributed by atoms with Crippen LogP contribution in [0.4, 0.5) is 0 Å². The molecule has 0 fully saturated rings. The number of nitrogens with zero attached hydrogens (tertiary/aromatic N) is 4. The van der Waals surface area contributed by atoms with E-state index in [9.17, 15) is 0 Å². The summed E-state index contributed by atoms with van der Waals surface area (Å²) in [6.07, 6.45) is 0. The molecule has 0 amide bonds. The van der Waals surface area contributed by atoms with Crippen LogP contribution in [0.25, 0.3) is 110 Å². The highest BCUT2D eigenvalue weighted by molar-refractivity contribution is 6.98. The van der Waals surface area contributed by atoms with Crippen molar-refractivity contribution in [3.63, 3.8) is 0 Å². The Labute approximate surface area is 418 Å². The van der Waals surface area contributed by atoms with Crippen LogP contribution in [0.3, 0.4) is 0 Å². The molecule has 6 nitrogen and oxygen atoms in total. The van der Waals surface area contributed by atoms with E-state index in [1.54, 1.807) is 0 Å². The molecule has 11 aromatic carbocycles.